The lowest BCUT2D eigenvalue weighted by Gasteiger charge is -2.16. The number of anilines is 2. The normalized spacial score (nSPS) is 12.7. The number of allylic oxidation sites excluding steroid dienone is 2. The van der Waals surface area contributed by atoms with Gasteiger partial charge in [0, 0.05) is 24.2 Å². The lowest BCUT2D eigenvalue weighted by Crippen LogP contribution is -2.00. The van der Waals surface area contributed by atoms with Crippen molar-refractivity contribution in [3.8, 4) is 11.1 Å². The van der Waals surface area contributed by atoms with E-state index >= 15 is 0 Å². The van der Waals surface area contributed by atoms with E-state index in [1.165, 1.54) is 33.5 Å². The van der Waals surface area contributed by atoms with Crippen LogP contribution in [0.5, 0.6) is 0 Å². The highest BCUT2D eigenvalue weighted by Gasteiger charge is 2.14. The predicted molar refractivity (Wildman–Crippen MR) is 150 cm³/mol. The molecule has 3 rings (SSSR count). The summed E-state index contributed by atoms with van der Waals surface area (Å²) in [5.41, 5.74) is 10.3. The van der Waals surface area contributed by atoms with Gasteiger partial charge in [-0.25, -0.2) is 0 Å². The molecule has 1 heterocycles. The van der Waals surface area contributed by atoms with Crippen LogP contribution in [0.15, 0.2) is 54.8 Å². The number of nitrogens with one attached hydrogen (secondary N) is 2. The second-order valence-corrected chi connectivity index (χ2v) is 9.13. The molecule has 0 bridgehead atoms. The molecule has 0 atom stereocenters. The van der Waals surface area contributed by atoms with E-state index in [9.17, 15) is 0 Å². The molecular formula is C30H48N2. The lowest BCUT2D eigenvalue weighted by molar-refractivity contribution is 0.469. The predicted octanol–water partition coefficient (Wildman–Crippen LogP) is 9.93. The summed E-state index contributed by atoms with van der Waals surface area (Å²) >= 11 is 0. The smallest absolute Gasteiger partial charge is 0.0659 e. The second-order valence-electron chi connectivity index (χ2n) is 9.13. The molecule has 2 N–H and O–H groups in total. The van der Waals surface area contributed by atoms with E-state index in [1.54, 1.807) is 0 Å². The Labute approximate surface area is 199 Å². The van der Waals surface area contributed by atoms with Gasteiger partial charge in [-0.15, -0.1) is 0 Å². The molecule has 2 nitrogen and oxygen atoms in total. The Morgan fingerprint density at radius 3 is 2.12 bits per heavy atom. The summed E-state index contributed by atoms with van der Waals surface area (Å²) in [5.74, 6) is 0. The number of rotatable bonds is 2. The van der Waals surface area contributed by atoms with Crippen molar-refractivity contribution in [1.82, 2.24) is 0 Å². The Bertz CT molecular complexity index is 861. The van der Waals surface area contributed by atoms with Crippen molar-refractivity contribution in [2.45, 2.75) is 82.6 Å². The maximum atomic E-state index is 4.07. The number of aryl methyl sites for hydroxylation is 1. The van der Waals surface area contributed by atoms with Gasteiger partial charge in [0.15, 0.2) is 0 Å². The standard InChI is InChI=1S/C21H24N2.C5H12.2C2H6/c1-5-14(2)18-10-9-17(13-15(18)3)19-7-6-8-20-21(19)22-12-11-16(4)23-20;1-5(2,3)4;2*1-2/h5-10,13,22-23H,4,11-12H2,1-3H3;1-4H3;2*1-2H3/b14-5-;;;. The van der Waals surface area contributed by atoms with Gasteiger partial charge in [0.25, 0.3) is 0 Å². The van der Waals surface area contributed by atoms with Gasteiger partial charge in [-0.1, -0.05) is 98.4 Å². The van der Waals surface area contributed by atoms with Crippen LogP contribution in [0.2, 0.25) is 0 Å². The van der Waals surface area contributed by atoms with Crippen LogP contribution in [0.3, 0.4) is 0 Å². The van der Waals surface area contributed by atoms with Gasteiger partial charge in [-0.2, -0.15) is 0 Å². The molecule has 0 fully saturated rings. The van der Waals surface area contributed by atoms with Crippen LogP contribution >= 0.6 is 0 Å². The van der Waals surface area contributed by atoms with Gasteiger partial charge in [-0.05, 0) is 54.5 Å². The number of hydrogen-bond acceptors (Lipinski definition) is 2. The summed E-state index contributed by atoms with van der Waals surface area (Å²) in [7, 11) is 0. The van der Waals surface area contributed by atoms with E-state index in [4.69, 9.17) is 0 Å². The van der Waals surface area contributed by atoms with Crippen LogP contribution in [-0.4, -0.2) is 6.54 Å². The summed E-state index contributed by atoms with van der Waals surface area (Å²) in [6.45, 7) is 28.2. The van der Waals surface area contributed by atoms with E-state index in [2.05, 4.69) is 108 Å². The summed E-state index contributed by atoms with van der Waals surface area (Å²) < 4.78 is 0. The maximum absolute atomic E-state index is 4.07. The Hall–Kier alpha value is -2.48. The van der Waals surface area contributed by atoms with Crippen molar-refractivity contribution in [2.24, 2.45) is 5.41 Å². The van der Waals surface area contributed by atoms with Crippen molar-refractivity contribution in [1.29, 1.82) is 0 Å². The molecule has 2 aromatic rings. The number of para-hydroxylation sites is 1. The summed E-state index contributed by atoms with van der Waals surface area (Å²) in [6, 6.07) is 13.1. The van der Waals surface area contributed by atoms with E-state index < -0.39 is 0 Å². The number of benzene rings is 2. The van der Waals surface area contributed by atoms with E-state index in [-0.39, 0.29) is 0 Å². The van der Waals surface area contributed by atoms with Gasteiger partial charge < -0.3 is 10.6 Å². The van der Waals surface area contributed by atoms with Crippen molar-refractivity contribution in [3.63, 3.8) is 0 Å². The topological polar surface area (TPSA) is 24.1 Å². The molecule has 0 saturated carbocycles. The molecule has 0 aromatic heterocycles. The molecule has 32 heavy (non-hydrogen) atoms. The Morgan fingerprint density at radius 1 is 1.00 bits per heavy atom. The van der Waals surface area contributed by atoms with E-state index in [0.29, 0.717) is 5.41 Å². The molecule has 0 unspecified atom stereocenters. The van der Waals surface area contributed by atoms with Gasteiger partial charge in [-0.3, -0.25) is 0 Å². The van der Waals surface area contributed by atoms with Gasteiger partial charge in [0.05, 0.1) is 11.4 Å². The minimum absolute atomic E-state index is 0.500. The molecule has 178 valence electrons. The first-order chi connectivity index (χ1) is 15.1. The molecule has 2 heteroatoms. The third kappa shape index (κ3) is 9.77. The van der Waals surface area contributed by atoms with Crippen molar-refractivity contribution in [3.05, 3.63) is 65.9 Å². The fourth-order valence-corrected chi connectivity index (χ4v) is 3.11. The quantitative estimate of drug-likeness (QED) is 0.489. The first-order valence-electron chi connectivity index (χ1n) is 12.2. The lowest BCUT2D eigenvalue weighted by atomic mass is 9.95. The largest absolute Gasteiger partial charge is 0.382 e. The van der Waals surface area contributed by atoms with Crippen molar-refractivity contribution >= 4 is 16.9 Å². The van der Waals surface area contributed by atoms with Gasteiger partial charge in [0.1, 0.15) is 0 Å². The maximum Gasteiger partial charge on any atom is 0.0659 e. The molecule has 0 radical (unpaired) electrons. The average Bonchev–Trinajstić information content (AvgIpc) is 2.95. The Balaban J connectivity index is 0.000000928. The number of fused-ring (bicyclic) bond motifs is 1. The molecule has 0 saturated heterocycles. The van der Waals surface area contributed by atoms with Crippen LogP contribution in [0, 0.1) is 12.3 Å². The molecular weight excluding hydrogens is 388 g/mol. The van der Waals surface area contributed by atoms with Gasteiger partial charge in [0.2, 0.25) is 0 Å². The fraction of sp³-hybridized carbons (Fsp3) is 0.467. The Kier molecular flexibility index (Phi) is 13.4. The SMILES string of the molecule is C=C1CCNc2c(cccc2-c2ccc(/C(C)=C\C)c(C)c2)N1.CC.CC.CC(C)(C)C. The first-order valence-corrected chi connectivity index (χ1v) is 12.2. The summed E-state index contributed by atoms with van der Waals surface area (Å²) in [5, 5.41) is 6.98. The Morgan fingerprint density at radius 2 is 1.59 bits per heavy atom. The minimum Gasteiger partial charge on any atom is -0.382 e. The van der Waals surface area contributed by atoms with Crippen LogP contribution in [0.4, 0.5) is 11.4 Å². The van der Waals surface area contributed by atoms with Crippen molar-refractivity contribution in [2.75, 3.05) is 17.2 Å². The van der Waals surface area contributed by atoms with E-state index in [0.717, 1.165) is 24.4 Å². The van der Waals surface area contributed by atoms with E-state index in [1.807, 2.05) is 27.7 Å². The summed E-state index contributed by atoms with van der Waals surface area (Å²) in [4.78, 5) is 0. The molecule has 0 aliphatic carbocycles. The van der Waals surface area contributed by atoms with Gasteiger partial charge >= 0.3 is 0 Å². The monoisotopic (exact) mass is 436 g/mol. The highest BCUT2D eigenvalue weighted by atomic mass is 15.0. The molecule has 1 aliphatic heterocycles. The molecule has 0 amide bonds. The number of hydrogen-bond donors (Lipinski definition) is 2. The highest BCUT2D eigenvalue weighted by molar-refractivity contribution is 5.89. The first kappa shape index (κ1) is 29.5. The zero-order valence-electron chi connectivity index (χ0n) is 22.7. The zero-order valence-corrected chi connectivity index (χ0v) is 22.7. The summed E-state index contributed by atoms with van der Waals surface area (Å²) in [6.07, 6.45) is 3.10. The van der Waals surface area contributed by atoms with Crippen LogP contribution in [0.25, 0.3) is 16.7 Å². The highest BCUT2D eigenvalue weighted by Crippen LogP contribution is 2.37. The average molecular weight is 437 g/mol. The third-order valence-corrected chi connectivity index (χ3v) is 4.50. The van der Waals surface area contributed by atoms with Crippen LogP contribution in [0.1, 0.15) is 86.8 Å². The van der Waals surface area contributed by atoms with Crippen LogP contribution < -0.4 is 10.6 Å². The second kappa shape index (κ2) is 14.6. The fourth-order valence-electron chi connectivity index (χ4n) is 3.11. The molecule has 0 spiro atoms. The van der Waals surface area contributed by atoms with Crippen molar-refractivity contribution < 1.29 is 0 Å². The zero-order chi connectivity index (χ0) is 24.9. The molecule has 1 aliphatic rings. The minimum atomic E-state index is 0.500. The third-order valence-electron chi connectivity index (χ3n) is 4.50. The molecule has 2 aromatic carbocycles. The van der Waals surface area contributed by atoms with Crippen LogP contribution in [-0.2, 0) is 0 Å².